The van der Waals surface area contributed by atoms with Gasteiger partial charge in [0.05, 0.1) is 23.4 Å². The Labute approximate surface area is 333 Å². The van der Waals surface area contributed by atoms with E-state index < -0.39 is 5.41 Å². The van der Waals surface area contributed by atoms with Gasteiger partial charge in [-0.15, -0.1) is 0 Å². The number of hydrogen-bond acceptors (Lipinski definition) is 2. The van der Waals surface area contributed by atoms with Gasteiger partial charge in [0, 0.05) is 16.7 Å². The van der Waals surface area contributed by atoms with Crippen LogP contribution in [0, 0.1) is 6.57 Å². The second-order valence-electron chi connectivity index (χ2n) is 14.4. The normalized spacial score (nSPS) is 12.3. The van der Waals surface area contributed by atoms with Crippen molar-refractivity contribution in [2.75, 3.05) is 0 Å². The highest BCUT2D eigenvalue weighted by molar-refractivity contribution is 5.91. The first kappa shape index (κ1) is 33.9. The van der Waals surface area contributed by atoms with Crippen LogP contribution in [0.15, 0.2) is 212 Å². The van der Waals surface area contributed by atoms with Gasteiger partial charge < -0.3 is 0 Å². The predicted molar refractivity (Wildman–Crippen MR) is 233 cm³/mol. The number of hydrogen-bond donors (Lipinski definition) is 0. The highest BCUT2D eigenvalue weighted by Crippen LogP contribution is 2.57. The van der Waals surface area contributed by atoms with Gasteiger partial charge in [-0.2, -0.15) is 0 Å². The molecule has 0 atom stereocenters. The van der Waals surface area contributed by atoms with Crippen molar-refractivity contribution in [3.63, 3.8) is 0 Å². The summed E-state index contributed by atoms with van der Waals surface area (Å²) < 4.78 is 0. The predicted octanol–water partition coefficient (Wildman–Crippen LogP) is 13.7. The van der Waals surface area contributed by atoms with Gasteiger partial charge in [-0.25, -0.2) is 14.8 Å². The molecule has 0 spiro atoms. The molecule has 266 valence electrons. The van der Waals surface area contributed by atoms with Crippen molar-refractivity contribution in [2.45, 2.75) is 5.41 Å². The number of nitrogens with zero attached hydrogens (tertiary/aromatic N) is 3. The molecular formula is C54H35N3. The molecule has 1 aliphatic carbocycles. The third kappa shape index (κ3) is 5.84. The molecule has 1 heterocycles. The average molecular weight is 726 g/mol. The highest BCUT2D eigenvalue weighted by atomic mass is 14.9. The Kier molecular flexibility index (Phi) is 8.43. The lowest BCUT2D eigenvalue weighted by Gasteiger charge is -2.34. The molecule has 0 amide bonds. The first-order chi connectivity index (χ1) is 28.2. The second-order valence-corrected chi connectivity index (χ2v) is 14.4. The Hall–Kier alpha value is -7.67. The molecule has 0 N–H and O–H groups in total. The minimum Gasteiger partial charge on any atom is -0.238 e. The average Bonchev–Trinajstić information content (AvgIpc) is 3.59. The van der Waals surface area contributed by atoms with Gasteiger partial charge >= 0.3 is 0 Å². The van der Waals surface area contributed by atoms with Crippen LogP contribution in [-0.2, 0) is 5.41 Å². The van der Waals surface area contributed by atoms with Gasteiger partial charge in [0.2, 0.25) is 0 Å². The molecule has 8 aromatic carbocycles. The lowest BCUT2D eigenvalue weighted by atomic mass is 9.67. The van der Waals surface area contributed by atoms with Gasteiger partial charge in [0.25, 0.3) is 0 Å². The number of rotatable bonds is 7. The van der Waals surface area contributed by atoms with Crippen LogP contribution in [0.25, 0.3) is 72.1 Å². The van der Waals surface area contributed by atoms with Crippen LogP contribution in [0.3, 0.4) is 0 Å². The van der Waals surface area contributed by atoms with Crippen molar-refractivity contribution < 1.29 is 0 Å². The topological polar surface area (TPSA) is 30.1 Å². The monoisotopic (exact) mass is 725 g/mol. The summed E-state index contributed by atoms with van der Waals surface area (Å²) >= 11 is 0. The van der Waals surface area contributed by atoms with Crippen LogP contribution in [0.2, 0.25) is 0 Å². The molecule has 0 aliphatic heterocycles. The zero-order valence-corrected chi connectivity index (χ0v) is 31.0. The molecular weight excluding hydrogens is 691 g/mol. The molecule has 0 saturated carbocycles. The van der Waals surface area contributed by atoms with E-state index >= 15 is 0 Å². The van der Waals surface area contributed by atoms with E-state index in [4.69, 9.17) is 16.5 Å². The summed E-state index contributed by atoms with van der Waals surface area (Å²) in [7, 11) is 0. The minimum absolute atomic E-state index is 0.532. The highest BCUT2D eigenvalue weighted by Gasteiger charge is 2.46. The summed E-state index contributed by atoms with van der Waals surface area (Å²) in [6.45, 7) is 7.91. The Balaban J connectivity index is 1.14. The Bertz CT molecular complexity index is 2910. The van der Waals surface area contributed by atoms with E-state index in [1.54, 1.807) is 0 Å². The zero-order chi connectivity index (χ0) is 38.2. The first-order valence-corrected chi connectivity index (χ1v) is 19.2. The maximum absolute atomic E-state index is 7.91. The summed E-state index contributed by atoms with van der Waals surface area (Å²) in [4.78, 5) is 14.2. The van der Waals surface area contributed by atoms with Gasteiger partial charge in [0.1, 0.15) is 0 Å². The molecule has 3 nitrogen and oxygen atoms in total. The largest absolute Gasteiger partial charge is 0.238 e. The molecule has 0 radical (unpaired) electrons. The zero-order valence-electron chi connectivity index (χ0n) is 31.0. The van der Waals surface area contributed by atoms with Crippen LogP contribution in [0.5, 0.6) is 0 Å². The molecule has 0 bridgehead atoms. The van der Waals surface area contributed by atoms with E-state index in [0.717, 1.165) is 61.5 Å². The van der Waals surface area contributed by atoms with Gasteiger partial charge in [0.15, 0.2) is 11.5 Å². The van der Waals surface area contributed by atoms with Crippen molar-refractivity contribution in [1.29, 1.82) is 0 Å². The van der Waals surface area contributed by atoms with Crippen LogP contribution >= 0.6 is 0 Å². The number of aromatic nitrogens is 2. The summed E-state index contributed by atoms with van der Waals surface area (Å²) in [6, 6.07) is 74.5. The third-order valence-corrected chi connectivity index (χ3v) is 11.2. The van der Waals surface area contributed by atoms with Crippen LogP contribution < -0.4 is 0 Å². The molecule has 3 heteroatoms. The maximum atomic E-state index is 7.91. The molecule has 1 aliphatic rings. The maximum Gasteiger partial charge on any atom is 0.187 e. The second kappa shape index (κ2) is 14.2. The minimum atomic E-state index is -0.532. The van der Waals surface area contributed by atoms with Crippen LogP contribution in [0.4, 0.5) is 5.69 Å². The third-order valence-electron chi connectivity index (χ3n) is 11.2. The van der Waals surface area contributed by atoms with Crippen molar-refractivity contribution in [1.82, 2.24) is 9.97 Å². The Morgan fingerprint density at radius 2 is 0.860 bits per heavy atom. The van der Waals surface area contributed by atoms with E-state index in [2.05, 4.69) is 187 Å². The van der Waals surface area contributed by atoms with Crippen LogP contribution in [0.1, 0.15) is 22.3 Å². The van der Waals surface area contributed by atoms with Crippen molar-refractivity contribution in [2.24, 2.45) is 0 Å². The van der Waals surface area contributed by atoms with Gasteiger partial charge in [-0.1, -0.05) is 188 Å². The lowest BCUT2D eigenvalue weighted by molar-refractivity contribution is 0.768. The fourth-order valence-corrected chi connectivity index (χ4v) is 8.62. The Morgan fingerprint density at radius 1 is 0.351 bits per heavy atom. The fraction of sp³-hybridized carbons (Fsp3) is 0.0185. The van der Waals surface area contributed by atoms with E-state index in [1.165, 1.54) is 22.3 Å². The molecule has 10 rings (SSSR count). The van der Waals surface area contributed by atoms with Crippen molar-refractivity contribution in [3.8, 4) is 67.3 Å². The first-order valence-electron chi connectivity index (χ1n) is 19.2. The van der Waals surface area contributed by atoms with Gasteiger partial charge in [-0.3, -0.25) is 0 Å². The number of fused-ring (bicyclic) bond motifs is 3. The summed E-state index contributed by atoms with van der Waals surface area (Å²) in [5.41, 5.74) is 16.3. The standard InChI is InChI=1S/C54H35N3/c1-55-44-30-32-50-48(35-44)47-34-40(29-31-49(47)54(50,42-23-10-4-11-24-42)43-25-12-5-13-26-43)39-21-16-22-41(33-39)51-36-52(57-53(56-51)38-19-8-3-9-20-38)46-28-15-14-27-45(46)37-17-6-2-7-18-37/h2-36H. The summed E-state index contributed by atoms with van der Waals surface area (Å²) in [5.74, 6) is 0.680. The molecule has 9 aromatic rings. The molecule has 0 saturated heterocycles. The smallest absolute Gasteiger partial charge is 0.187 e. The molecule has 57 heavy (non-hydrogen) atoms. The van der Waals surface area contributed by atoms with Crippen molar-refractivity contribution in [3.05, 3.63) is 246 Å². The SMILES string of the molecule is [C-]#[N+]c1ccc2c(c1)-c1cc(-c3cccc(-c4cc(-c5ccccc5-c5ccccc5)nc(-c5ccccc5)n4)c3)ccc1C2(c1ccccc1)c1ccccc1. The van der Waals surface area contributed by atoms with E-state index in [-0.39, 0.29) is 0 Å². The van der Waals surface area contributed by atoms with E-state index in [9.17, 15) is 0 Å². The van der Waals surface area contributed by atoms with Crippen LogP contribution in [-0.4, -0.2) is 9.97 Å². The fourth-order valence-electron chi connectivity index (χ4n) is 8.62. The summed E-state index contributed by atoms with van der Waals surface area (Å²) in [5, 5.41) is 0. The molecule has 0 fully saturated rings. The lowest BCUT2D eigenvalue weighted by Crippen LogP contribution is -2.28. The van der Waals surface area contributed by atoms with E-state index in [1.807, 2.05) is 30.3 Å². The van der Waals surface area contributed by atoms with Gasteiger partial charge in [-0.05, 0) is 79.9 Å². The van der Waals surface area contributed by atoms with E-state index in [0.29, 0.717) is 11.5 Å². The molecule has 0 unspecified atom stereocenters. The quantitative estimate of drug-likeness (QED) is 0.153. The summed E-state index contributed by atoms with van der Waals surface area (Å²) in [6.07, 6.45) is 0. The Morgan fingerprint density at radius 3 is 1.53 bits per heavy atom. The molecule has 1 aromatic heterocycles. The number of benzene rings is 8. The van der Waals surface area contributed by atoms with Crippen molar-refractivity contribution >= 4 is 5.69 Å².